The number of nitrogens with one attached hydrogen (secondary N) is 1. The predicted octanol–water partition coefficient (Wildman–Crippen LogP) is -0.398. The molecule has 0 saturated carbocycles. The summed E-state index contributed by atoms with van der Waals surface area (Å²) in [5.41, 5.74) is 0.103. The highest BCUT2D eigenvalue weighted by atomic mass is 16.1. The number of hydrogen-bond donors (Lipinski definition) is 1. The fourth-order valence-corrected chi connectivity index (χ4v) is 1.74. The molecule has 0 atom stereocenters. The third-order valence-corrected chi connectivity index (χ3v) is 2.75. The van der Waals surface area contributed by atoms with E-state index < -0.39 is 0 Å². The first-order chi connectivity index (χ1) is 9.66. The molecule has 0 aliphatic rings. The largest absolute Gasteiger partial charge is 0.363 e. The Labute approximate surface area is 113 Å². The van der Waals surface area contributed by atoms with Gasteiger partial charge in [-0.2, -0.15) is 4.68 Å². The van der Waals surface area contributed by atoms with Crippen LogP contribution in [0.3, 0.4) is 0 Å². The van der Waals surface area contributed by atoms with E-state index in [9.17, 15) is 4.79 Å². The van der Waals surface area contributed by atoms with Gasteiger partial charge >= 0.3 is 0 Å². The van der Waals surface area contributed by atoms with E-state index in [1.54, 1.807) is 18.5 Å². The van der Waals surface area contributed by atoms with Crippen LogP contribution in [0.4, 0.5) is 5.82 Å². The maximum Gasteiger partial charge on any atom is 0.298 e. The highest BCUT2D eigenvalue weighted by molar-refractivity contribution is 5.42. The number of hydrogen-bond acceptors (Lipinski definition) is 6. The molecular formula is C11H12N8O. The second-order valence-electron chi connectivity index (χ2n) is 4.28. The molecule has 3 aromatic heterocycles. The van der Waals surface area contributed by atoms with E-state index in [0.717, 1.165) is 0 Å². The molecule has 9 nitrogen and oxygen atoms in total. The average Bonchev–Trinajstić information content (AvgIpc) is 3.08. The van der Waals surface area contributed by atoms with Crippen molar-refractivity contribution >= 4 is 5.82 Å². The molecule has 0 saturated heterocycles. The molecule has 0 aliphatic heterocycles. The summed E-state index contributed by atoms with van der Waals surface area (Å²) in [4.78, 5) is 22.4. The molecule has 0 bridgehead atoms. The zero-order valence-corrected chi connectivity index (χ0v) is 10.9. The van der Waals surface area contributed by atoms with Gasteiger partial charge < -0.3 is 4.90 Å². The van der Waals surface area contributed by atoms with Crippen molar-refractivity contribution in [2.45, 2.75) is 0 Å². The summed E-state index contributed by atoms with van der Waals surface area (Å²) in [5, 5.41) is 10.3. The van der Waals surface area contributed by atoms with Gasteiger partial charge in [0.25, 0.3) is 5.56 Å². The van der Waals surface area contributed by atoms with Crippen molar-refractivity contribution in [1.82, 2.24) is 34.7 Å². The van der Waals surface area contributed by atoms with Crippen LogP contribution >= 0.6 is 0 Å². The summed E-state index contributed by atoms with van der Waals surface area (Å²) in [7, 11) is 3.73. The van der Waals surface area contributed by atoms with E-state index in [0.29, 0.717) is 17.3 Å². The normalized spacial score (nSPS) is 10.7. The molecule has 3 aromatic rings. The van der Waals surface area contributed by atoms with Crippen molar-refractivity contribution in [3.63, 3.8) is 0 Å². The highest BCUT2D eigenvalue weighted by Gasteiger charge is 2.12. The fraction of sp³-hybridized carbons (Fsp3) is 0.182. The van der Waals surface area contributed by atoms with E-state index >= 15 is 0 Å². The highest BCUT2D eigenvalue weighted by Crippen LogP contribution is 2.09. The summed E-state index contributed by atoms with van der Waals surface area (Å²) in [6.45, 7) is 0. The Balaban J connectivity index is 2.08. The minimum Gasteiger partial charge on any atom is -0.363 e. The van der Waals surface area contributed by atoms with Crippen molar-refractivity contribution in [3.05, 3.63) is 41.3 Å². The molecule has 0 amide bonds. The van der Waals surface area contributed by atoms with Gasteiger partial charge in [-0.25, -0.2) is 14.6 Å². The van der Waals surface area contributed by atoms with Crippen LogP contribution in [0.25, 0.3) is 11.5 Å². The molecule has 3 heterocycles. The molecule has 102 valence electrons. The Morgan fingerprint density at radius 2 is 2.15 bits per heavy atom. The van der Waals surface area contributed by atoms with Crippen LogP contribution in [-0.4, -0.2) is 48.8 Å². The van der Waals surface area contributed by atoms with Crippen LogP contribution < -0.4 is 10.5 Å². The van der Waals surface area contributed by atoms with Gasteiger partial charge in [0.2, 0.25) is 0 Å². The first kappa shape index (κ1) is 12.1. The lowest BCUT2D eigenvalue weighted by Gasteiger charge is -2.11. The van der Waals surface area contributed by atoms with Crippen LogP contribution in [-0.2, 0) is 0 Å². The summed E-state index contributed by atoms with van der Waals surface area (Å²) < 4.78 is 2.72. The second kappa shape index (κ2) is 4.61. The van der Waals surface area contributed by atoms with Gasteiger partial charge in [-0.15, -0.1) is 5.10 Å². The quantitative estimate of drug-likeness (QED) is 0.697. The topological polar surface area (TPSA) is 97.5 Å². The minimum atomic E-state index is -0.265. The third kappa shape index (κ3) is 1.94. The Hall–Kier alpha value is -2.97. The number of rotatable bonds is 3. The van der Waals surface area contributed by atoms with Crippen LogP contribution in [0, 0.1) is 0 Å². The first-order valence-corrected chi connectivity index (χ1v) is 5.83. The molecule has 0 radical (unpaired) electrons. The van der Waals surface area contributed by atoms with E-state index in [-0.39, 0.29) is 5.56 Å². The van der Waals surface area contributed by atoms with E-state index in [1.807, 2.05) is 19.0 Å². The summed E-state index contributed by atoms with van der Waals surface area (Å²) in [5.74, 6) is 1.17. The van der Waals surface area contributed by atoms with Gasteiger partial charge in [-0.05, 0) is 0 Å². The Kier molecular flexibility index (Phi) is 2.78. The van der Waals surface area contributed by atoms with Gasteiger partial charge in [0.15, 0.2) is 11.5 Å². The summed E-state index contributed by atoms with van der Waals surface area (Å²) in [6.07, 6.45) is 6.06. The maximum absolute atomic E-state index is 12.3. The predicted molar refractivity (Wildman–Crippen MR) is 71.2 cm³/mol. The molecule has 20 heavy (non-hydrogen) atoms. The molecule has 0 aromatic carbocycles. The van der Waals surface area contributed by atoms with E-state index in [4.69, 9.17) is 0 Å². The third-order valence-electron chi connectivity index (χ3n) is 2.75. The smallest absolute Gasteiger partial charge is 0.298 e. The molecule has 0 aliphatic carbocycles. The van der Waals surface area contributed by atoms with Gasteiger partial charge in [0.05, 0.1) is 18.6 Å². The monoisotopic (exact) mass is 272 g/mol. The molecule has 1 N–H and O–H groups in total. The second-order valence-corrected chi connectivity index (χ2v) is 4.28. The lowest BCUT2D eigenvalue weighted by atomic mass is 10.5. The van der Waals surface area contributed by atoms with Crippen LogP contribution in [0.5, 0.6) is 0 Å². The molecule has 0 unspecified atom stereocenters. The lowest BCUT2D eigenvalue weighted by molar-refractivity contribution is 0.784. The number of nitrogens with zero attached hydrogens (tertiary/aromatic N) is 7. The van der Waals surface area contributed by atoms with E-state index in [1.165, 1.54) is 21.9 Å². The van der Waals surface area contributed by atoms with Crippen LogP contribution in [0.15, 0.2) is 35.8 Å². The summed E-state index contributed by atoms with van der Waals surface area (Å²) in [6, 6.07) is 1.71. The van der Waals surface area contributed by atoms with Crippen molar-refractivity contribution in [1.29, 1.82) is 0 Å². The van der Waals surface area contributed by atoms with Crippen molar-refractivity contribution in [2.24, 2.45) is 0 Å². The van der Waals surface area contributed by atoms with Crippen LogP contribution in [0.1, 0.15) is 0 Å². The van der Waals surface area contributed by atoms with Gasteiger partial charge in [0.1, 0.15) is 12.1 Å². The average molecular weight is 272 g/mol. The Bertz CT molecular complexity index is 770. The zero-order chi connectivity index (χ0) is 14.1. The number of aromatic amines is 1. The Morgan fingerprint density at radius 1 is 1.30 bits per heavy atom. The summed E-state index contributed by atoms with van der Waals surface area (Å²) >= 11 is 0. The Morgan fingerprint density at radius 3 is 2.85 bits per heavy atom. The van der Waals surface area contributed by atoms with Crippen molar-refractivity contribution in [3.8, 4) is 11.5 Å². The molecule has 0 spiro atoms. The van der Waals surface area contributed by atoms with Crippen LogP contribution in [0.2, 0.25) is 0 Å². The standard InChI is InChI=1S/C11H12N8O/c1-17(2)9-5-10(13-7-12-9)19-11(20)8(6-15-19)18-4-3-14-16-18/h3-7,15H,1-2H3. The fourth-order valence-electron chi connectivity index (χ4n) is 1.74. The minimum absolute atomic E-state index is 0.265. The molecular weight excluding hydrogens is 260 g/mol. The van der Waals surface area contributed by atoms with Crippen molar-refractivity contribution in [2.75, 3.05) is 19.0 Å². The molecule has 0 fully saturated rings. The first-order valence-electron chi connectivity index (χ1n) is 5.83. The van der Waals surface area contributed by atoms with Gasteiger partial charge in [-0.3, -0.25) is 9.89 Å². The molecule has 9 heteroatoms. The maximum atomic E-state index is 12.3. The van der Waals surface area contributed by atoms with Crippen molar-refractivity contribution < 1.29 is 0 Å². The van der Waals surface area contributed by atoms with Gasteiger partial charge in [0, 0.05) is 20.2 Å². The molecule has 3 rings (SSSR count). The number of H-pyrrole nitrogens is 1. The van der Waals surface area contributed by atoms with Gasteiger partial charge in [-0.1, -0.05) is 5.21 Å². The van der Waals surface area contributed by atoms with E-state index in [2.05, 4.69) is 25.4 Å². The number of anilines is 1. The zero-order valence-electron chi connectivity index (χ0n) is 10.9. The lowest BCUT2D eigenvalue weighted by Crippen LogP contribution is -2.20. The number of aromatic nitrogens is 7. The SMILES string of the molecule is CN(C)c1cc(-n2[nH]cc(-n3ccnn3)c2=O)ncn1.